The van der Waals surface area contributed by atoms with Crippen LogP contribution in [-0.4, -0.2) is 58.0 Å². The van der Waals surface area contributed by atoms with Gasteiger partial charge >= 0.3 is 0 Å². The Bertz CT molecular complexity index is 1780. The number of rotatable bonds is 14. The van der Waals surface area contributed by atoms with E-state index in [4.69, 9.17) is 21.1 Å². The number of benzene rings is 4. The first-order valence-electron chi connectivity index (χ1n) is 15.9. The van der Waals surface area contributed by atoms with Crippen LogP contribution >= 0.6 is 11.6 Å². The minimum Gasteiger partial charge on any atom is -0.493 e. The maximum absolute atomic E-state index is 14.7. The quantitative estimate of drug-likeness (QED) is 0.168. The van der Waals surface area contributed by atoms with Crippen molar-refractivity contribution in [3.05, 3.63) is 119 Å². The lowest BCUT2D eigenvalue weighted by atomic mass is 10.0. The molecule has 0 aromatic heterocycles. The lowest BCUT2D eigenvalue weighted by Gasteiger charge is -2.34. The Balaban J connectivity index is 1.58. The standard InChI is InChI=1S/C37H40ClN3O6S/c1-46-34-22-21-31(24-35(34)47-2)41(48(44,45)32-15-7-4-8-16-32)26-36(42)40(25-28-17-19-29(38)20-18-28)33(23-27-11-5-3-6-12-27)37(43)39-30-13-9-10-14-30/h3-8,11-12,15-22,24,30,33H,9-10,13-14,23,25-26H2,1-2H3,(H,39,43). The van der Waals surface area contributed by atoms with Crippen molar-refractivity contribution in [3.8, 4) is 11.5 Å². The molecule has 252 valence electrons. The lowest BCUT2D eigenvalue weighted by molar-refractivity contribution is -0.140. The van der Waals surface area contributed by atoms with E-state index in [1.54, 1.807) is 54.6 Å². The van der Waals surface area contributed by atoms with Crippen LogP contribution in [0.1, 0.15) is 36.8 Å². The normalized spacial score (nSPS) is 13.8. The number of amides is 2. The van der Waals surface area contributed by atoms with E-state index in [9.17, 15) is 18.0 Å². The Labute approximate surface area is 287 Å². The van der Waals surface area contributed by atoms with Gasteiger partial charge in [-0.1, -0.05) is 85.1 Å². The number of anilines is 1. The summed E-state index contributed by atoms with van der Waals surface area (Å²) in [6.45, 7) is -0.529. The zero-order chi connectivity index (χ0) is 34.1. The van der Waals surface area contributed by atoms with Crippen LogP contribution in [0.4, 0.5) is 5.69 Å². The van der Waals surface area contributed by atoms with E-state index >= 15 is 0 Å². The van der Waals surface area contributed by atoms with Crippen LogP contribution in [0.15, 0.2) is 108 Å². The molecule has 11 heteroatoms. The largest absolute Gasteiger partial charge is 0.493 e. The molecule has 0 aliphatic heterocycles. The maximum atomic E-state index is 14.7. The van der Waals surface area contributed by atoms with Gasteiger partial charge < -0.3 is 19.7 Å². The molecule has 1 unspecified atom stereocenters. The highest BCUT2D eigenvalue weighted by Gasteiger charge is 2.35. The number of nitrogens with one attached hydrogen (secondary N) is 1. The molecule has 1 aliphatic carbocycles. The molecule has 48 heavy (non-hydrogen) atoms. The van der Waals surface area contributed by atoms with Gasteiger partial charge in [-0.2, -0.15) is 0 Å². The van der Waals surface area contributed by atoms with E-state index in [2.05, 4.69) is 5.32 Å². The molecular formula is C37H40ClN3O6S. The Morgan fingerprint density at radius 1 is 0.833 bits per heavy atom. The van der Waals surface area contributed by atoms with Gasteiger partial charge in [-0.3, -0.25) is 13.9 Å². The molecule has 4 aromatic rings. The summed E-state index contributed by atoms with van der Waals surface area (Å²) in [5.41, 5.74) is 1.81. The van der Waals surface area contributed by atoms with Gasteiger partial charge in [0.1, 0.15) is 12.6 Å². The highest BCUT2D eigenvalue weighted by Crippen LogP contribution is 2.34. The smallest absolute Gasteiger partial charge is 0.264 e. The molecule has 0 heterocycles. The second kappa shape index (κ2) is 16.0. The summed E-state index contributed by atoms with van der Waals surface area (Å²) in [5.74, 6) is -0.134. The number of carbonyl (C=O) groups excluding carboxylic acids is 2. The highest BCUT2D eigenvalue weighted by molar-refractivity contribution is 7.92. The second-order valence-electron chi connectivity index (χ2n) is 11.7. The van der Waals surface area contributed by atoms with E-state index in [1.165, 1.54) is 37.3 Å². The third kappa shape index (κ3) is 8.48. The maximum Gasteiger partial charge on any atom is 0.264 e. The topological polar surface area (TPSA) is 105 Å². The van der Waals surface area contributed by atoms with Crippen molar-refractivity contribution >= 4 is 39.1 Å². The summed E-state index contributed by atoms with van der Waals surface area (Å²) in [7, 11) is -1.32. The first kappa shape index (κ1) is 34.8. The molecule has 1 aliphatic rings. The van der Waals surface area contributed by atoms with E-state index in [1.807, 2.05) is 30.3 Å². The summed E-state index contributed by atoms with van der Waals surface area (Å²) >= 11 is 6.18. The summed E-state index contributed by atoms with van der Waals surface area (Å²) in [6.07, 6.45) is 4.04. The Morgan fingerprint density at radius 3 is 2.08 bits per heavy atom. The summed E-state index contributed by atoms with van der Waals surface area (Å²) in [6, 6.07) is 28.2. The number of methoxy groups -OCH3 is 2. The van der Waals surface area contributed by atoms with Crippen LogP contribution in [0.3, 0.4) is 0 Å². The van der Waals surface area contributed by atoms with Gasteiger partial charge in [0.05, 0.1) is 24.8 Å². The minimum atomic E-state index is -4.26. The van der Waals surface area contributed by atoms with Gasteiger partial charge in [-0.15, -0.1) is 0 Å². The number of sulfonamides is 1. The fraction of sp³-hybridized carbons (Fsp3) is 0.297. The number of nitrogens with zero attached hydrogens (tertiary/aromatic N) is 2. The zero-order valence-corrected chi connectivity index (χ0v) is 28.6. The Kier molecular flexibility index (Phi) is 11.6. The highest BCUT2D eigenvalue weighted by atomic mass is 35.5. The SMILES string of the molecule is COc1ccc(N(CC(=O)N(Cc2ccc(Cl)cc2)C(Cc2ccccc2)C(=O)NC2CCCC2)S(=O)(=O)c2ccccc2)cc1OC. The summed E-state index contributed by atoms with van der Waals surface area (Å²) in [4.78, 5) is 30.3. The van der Waals surface area contributed by atoms with Crippen molar-refractivity contribution in [2.75, 3.05) is 25.1 Å². The molecule has 1 atom stereocenters. The van der Waals surface area contributed by atoms with Crippen molar-refractivity contribution in [1.82, 2.24) is 10.2 Å². The molecule has 4 aromatic carbocycles. The first-order valence-corrected chi connectivity index (χ1v) is 17.7. The third-order valence-corrected chi connectivity index (χ3v) is 10.5. The predicted molar refractivity (Wildman–Crippen MR) is 187 cm³/mol. The molecule has 0 spiro atoms. The Hall–Kier alpha value is -4.54. The molecular weight excluding hydrogens is 650 g/mol. The van der Waals surface area contributed by atoms with Crippen molar-refractivity contribution in [3.63, 3.8) is 0 Å². The van der Waals surface area contributed by atoms with Crippen molar-refractivity contribution in [2.45, 2.75) is 55.6 Å². The summed E-state index contributed by atoms with van der Waals surface area (Å²) < 4.78 is 40.4. The van der Waals surface area contributed by atoms with Crippen LogP contribution in [0.2, 0.25) is 5.02 Å². The fourth-order valence-electron chi connectivity index (χ4n) is 5.94. The number of ether oxygens (including phenoxy) is 2. The molecule has 0 bridgehead atoms. The minimum absolute atomic E-state index is 0.0108. The predicted octanol–water partition coefficient (Wildman–Crippen LogP) is 6.25. The summed E-state index contributed by atoms with van der Waals surface area (Å²) in [5, 5.41) is 3.71. The molecule has 1 N–H and O–H groups in total. The number of carbonyl (C=O) groups is 2. The van der Waals surface area contributed by atoms with Crippen LogP contribution in [0.25, 0.3) is 0 Å². The Morgan fingerprint density at radius 2 is 1.46 bits per heavy atom. The lowest BCUT2D eigenvalue weighted by Crippen LogP contribution is -2.54. The second-order valence-corrected chi connectivity index (χ2v) is 14.0. The molecule has 5 rings (SSSR count). The van der Waals surface area contributed by atoms with Crippen LogP contribution in [-0.2, 0) is 32.6 Å². The van der Waals surface area contributed by atoms with E-state index in [-0.39, 0.29) is 35.5 Å². The van der Waals surface area contributed by atoms with E-state index in [0.717, 1.165) is 41.1 Å². The average Bonchev–Trinajstić information content (AvgIpc) is 3.63. The third-order valence-electron chi connectivity index (χ3n) is 8.50. The van der Waals surface area contributed by atoms with Gasteiger partial charge in [-0.05, 0) is 60.4 Å². The number of hydrogen-bond donors (Lipinski definition) is 1. The van der Waals surface area contributed by atoms with E-state index < -0.39 is 28.5 Å². The van der Waals surface area contributed by atoms with Gasteiger partial charge in [0.25, 0.3) is 10.0 Å². The van der Waals surface area contributed by atoms with E-state index in [0.29, 0.717) is 16.5 Å². The molecule has 1 fully saturated rings. The van der Waals surface area contributed by atoms with Gasteiger partial charge in [0.2, 0.25) is 11.8 Å². The number of hydrogen-bond acceptors (Lipinski definition) is 6. The molecule has 0 saturated heterocycles. The van der Waals surface area contributed by atoms with Crippen LogP contribution in [0.5, 0.6) is 11.5 Å². The first-order chi connectivity index (χ1) is 23.2. The monoisotopic (exact) mass is 689 g/mol. The average molecular weight is 690 g/mol. The number of halogens is 1. The van der Waals surface area contributed by atoms with Crippen molar-refractivity contribution in [2.24, 2.45) is 0 Å². The molecule has 0 radical (unpaired) electrons. The van der Waals surface area contributed by atoms with Crippen LogP contribution in [0, 0.1) is 0 Å². The van der Waals surface area contributed by atoms with Crippen molar-refractivity contribution < 1.29 is 27.5 Å². The van der Waals surface area contributed by atoms with Gasteiger partial charge in [0, 0.05) is 30.1 Å². The van der Waals surface area contributed by atoms with Gasteiger partial charge in [-0.25, -0.2) is 8.42 Å². The van der Waals surface area contributed by atoms with Gasteiger partial charge in [0.15, 0.2) is 11.5 Å². The molecule has 1 saturated carbocycles. The zero-order valence-electron chi connectivity index (χ0n) is 27.0. The molecule has 9 nitrogen and oxygen atoms in total. The fourth-order valence-corrected chi connectivity index (χ4v) is 7.49. The molecule has 2 amide bonds. The van der Waals surface area contributed by atoms with Crippen LogP contribution < -0.4 is 19.1 Å². The van der Waals surface area contributed by atoms with Crippen molar-refractivity contribution in [1.29, 1.82) is 0 Å².